The first-order valence-electron chi connectivity index (χ1n) is 10.3. The van der Waals surface area contributed by atoms with Gasteiger partial charge in [-0.25, -0.2) is 0 Å². The van der Waals surface area contributed by atoms with E-state index in [0.29, 0.717) is 25.3 Å². The number of hydrogen-bond donors (Lipinski definition) is 5. The van der Waals surface area contributed by atoms with E-state index >= 15 is 0 Å². The van der Waals surface area contributed by atoms with Gasteiger partial charge in [-0.05, 0) is 25.2 Å². The summed E-state index contributed by atoms with van der Waals surface area (Å²) in [4.78, 5) is 48.9. The zero-order valence-corrected chi connectivity index (χ0v) is 16.6. The van der Waals surface area contributed by atoms with E-state index in [1.165, 1.54) is 0 Å². The quantitative estimate of drug-likeness (QED) is 0.420. The van der Waals surface area contributed by atoms with Gasteiger partial charge in [0.05, 0.1) is 0 Å². The molecule has 2 saturated carbocycles. The molecule has 3 rings (SSSR count). The summed E-state index contributed by atoms with van der Waals surface area (Å²) < 4.78 is 0.990. The van der Waals surface area contributed by atoms with Gasteiger partial charge in [0, 0.05) is 12.6 Å². The van der Waals surface area contributed by atoms with Crippen LogP contribution in [0, 0.1) is 5.92 Å². The van der Waals surface area contributed by atoms with Crippen molar-refractivity contribution in [3.8, 4) is 11.6 Å². The highest BCUT2D eigenvalue weighted by atomic mass is 16.4. The van der Waals surface area contributed by atoms with Gasteiger partial charge in [0.2, 0.25) is 5.88 Å². The maximum atomic E-state index is 13.0. The van der Waals surface area contributed by atoms with Gasteiger partial charge < -0.3 is 26.0 Å². The number of carbonyl (C=O) groups is 3. The molecule has 0 aliphatic heterocycles. The van der Waals surface area contributed by atoms with E-state index in [-0.39, 0.29) is 0 Å². The second-order valence-electron chi connectivity index (χ2n) is 7.95. The molecule has 10 heteroatoms. The molecule has 0 unspecified atom stereocenters. The Hall–Kier alpha value is -3.04. The van der Waals surface area contributed by atoms with Crippen molar-refractivity contribution in [3.63, 3.8) is 0 Å². The summed E-state index contributed by atoms with van der Waals surface area (Å²) in [6.07, 6.45) is 6.75. The van der Waals surface area contributed by atoms with Crippen LogP contribution >= 0.6 is 0 Å². The SMILES string of the molecule is O=C(O)CNC(=O)c1c(O)c(C(=O)NCCC2CC2)c(O)n(C2CCCCC2)c1=O. The number of carboxylic acids is 1. The van der Waals surface area contributed by atoms with Crippen molar-refractivity contribution in [2.24, 2.45) is 5.92 Å². The number of hydrogen-bond acceptors (Lipinski definition) is 6. The summed E-state index contributed by atoms with van der Waals surface area (Å²) in [7, 11) is 0. The first-order valence-corrected chi connectivity index (χ1v) is 10.3. The lowest BCUT2D eigenvalue weighted by molar-refractivity contribution is -0.135. The van der Waals surface area contributed by atoms with Crippen LogP contribution in [0.2, 0.25) is 0 Å². The van der Waals surface area contributed by atoms with Crippen molar-refractivity contribution in [2.45, 2.75) is 57.4 Å². The second kappa shape index (κ2) is 9.19. The molecule has 1 heterocycles. The standard InChI is InChI=1S/C20H27N3O7/c24-13(25)10-22-18(28)15-16(26)14(17(27)21-9-8-11-6-7-11)19(29)23(20(15)30)12-4-2-1-3-5-12/h11-12,26,29H,1-10H2,(H,21,27)(H,22,28)(H,24,25). The molecule has 2 aliphatic carbocycles. The first-order chi connectivity index (χ1) is 14.3. The van der Waals surface area contributed by atoms with Crippen molar-refractivity contribution in [1.29, 1.82) is 0 Å². The number of aromatic nitrogens is 1. The fourth-order valence-corrected chi connectivity index (χ4v) is 3.89. The van der Waals surface area contributed by atoms with Gasteiger partial charge >= 0.3 is 5.97 Å². The van der Waals surface area contributed by atoms with E-state index in [0.717, 1.165) is 43.1 Å². The van der Waals surface area contributed by atoms with E-state index in [9.17, 15) is 29.4 Å². The van der Waals surface area contributed by atoms with Crippen LogP contribution in [0.1, 0.15) is 78.1 Å². The minimum atomic E-state index is -1.33. The largest absolute Gasteiger partial charge is 0.506 e. The molecule has 0 saturated heterocycles. The van der Waals surface area contributed by atoms with Crippen molar-refractivity contribution in [1.82, 2.24) is 15.2 Å². The van der Waals surface area contributed by atoms with E-state index in [1.807, 2.05) is 5.32 Å². The smallest absolute Gasteiger partial charge is 0.322 e. The monoisotopic (exact) mass is 421 g/mol. The zero-order valence-electron chi connectivity index (χ0n) is 16.6. The Kier molecular flexibility index (Phi) is 6.63. The lowest BCUT2D eigenvalue weighted by Crippen LogP contribution is -2.38. The predicted octanol–water partition coefficient (Wildman–Crippen LogP) is 1.11. The van der Waals surface area contributed by atoms with E-state index in [2.05, 4.69) is 5.32 Å². The Morgan fingerprint density at radius 1 is 0.933 bits per heavy atom. The molecule has 0 aromatic carbocycles. The zero-order chi connectivity index (χ0) is 21.8. The van der Waals surface area contributed by atoms with Crippen LogP contribution < -0.4 is 16.2 Å². The molecular formula is C20H27N3O7. The highest BCUT2D eigenvalue weighted by Crippen LogP contribution is 2.35. The maximum Gasteiger partial charge on any atom is 0.322 e. The summed E-state index contributed by atoms with van der Waals surface area (Å²) in [5, 5.41) is 34.7. The van der Waals surface area contributed by atoms with Gasteiger partial charge in [0.25, 0.3) is 17.4 Å². The van der Waals surface area contributed by atoms with Crippen LogP contribution in [0.15, 0.2) is 4.79 Å². The lowest BCUT2D eigenvalue weighted by atomic mass is 9.94. The minimum absolute atomic E-state index is 0.339. The number of aliphatic carboxylic acids is 1. The molecule has 30 heavy (non-hydrogen) atoms. The molecule has 2 aliphatic rings. The van der Waals surface area contributed by atoms with E-state index < -0.39 is 58.7 Å². The average Bonchev–Trinajstić information content (AvgIpc) is 3.51. The predicted molar refractivity (Wildman–Crippen MR) is 106 cm³/mol. The average molecular weight is 421 g/mol. The van der Waals surface area contributed by atoms with Gasteiger partial charge in [0.1, 0.15) is 17.7 Å². The lowest BCUT2D eigenvalue weighted by Gasteiger charge is -2.26. The fraction of sp³-hybridized carbons (Fsp3) is 0.600. The molecule has 2 amide bonds. The van der Waals surface area contributed by atoms with Crippen LogP contribution in [-0.2, 0) is 4.79 Å². The number of nitrogens with zero attached hydrogens (tertiary/aromatic N) is 1. The summed E-state index contributed by atoms with van der Waals surface area (Å²) in [5.41, 5.74) is -2.24. The van der Waals surface area contributed by atoms with Crippen molar-refractivity contribution in [3.05, 3.63) is 21.5 Å². The van der Waals surface area contributed by atoms with Crippen LogP contribution in [0.25, 0.3) is 0 Å². The number of pyridine rings is 1. The first kappa shape index (κ1) is 21.7. The summed E-state index contributed by atoms with van der Waals surface area (Å²) >= 11 is 0. The normalized spacial score (nSPS) is 16.8. The molecule has 1 aromatic rings. The van der Waals surface area contributed by atoms with Crippen molar-refractivity contribution in [2.75, 3.05) is 13.1 Å². The van der Waals surface area contributed by atoms with Crippen LogP contribution in [0.4, 0.5) is 0 Å². The van der Waals surface area contributed by atoms with Crippen LogP contribution in [0.5, 0.6) is 11.6 Å². The summed E-state index contributed by atoms with van der Waals surface area (Å²) in [6.45, 7) is -0.420. The van der Waals surface area contributed by atoms with Crippen molar-refractivity contribution >= 4 is 17.8 Å². The highest BCUT2D eigenvalue weighted by Gasteiger charge is 2.33. The molecular weight excluding hydrogens is 394 g/mol. The summed E-state index contributed by atoms with van der Waals surface area (Å²) in [6, 6.07) is -0.420. The van der Waals surface area contributed by atoms with Gasteiger partial charge in [-0.1, -0.05) is 32.1 Å². The van der Waals surface area contributed by atoms with Crippen LogP contribution in [0.3, 0.4) is 0 Å². The van der Waals surface area contributed by atoms with Crippen LogP contribution in [-0.4, -0.2) is 50.8 Å². The second-order valence-corrected chi connectivity index (χ2v) is 7.95. The van der Waals surface area contributed by atoms with Crippen molar-refractivity contribution < 1.29 is 29.7 Å². The Morgan fingerprint density at radius 3 is 2.17 bits per heavy atom. The Bertz CT molecular complexity index is 899. The number of aromatic hydroxyl groups is 2. The number of amides is 2. The maximum absolute atomic E-state index is 13.0. The molecule has 5 N–H and O–H groups in total. The minimum Gasteiger partial charge on any atom is -0.506 e. The topological polar surface area (TPSA) is 158 Å². The summed E-state index contributed by atoms with van der Waals surface area (Å²) in [5.74, 6) is -4.30. The number of carbonyl (C=O) groups excluding carboxylic acids is 2. The van der Waals surface area contributed by atoms with Gasteiger partial charge in [0.15, 0.2) is 5.75 Å². The molecule has 0 atom stereocenters. The Balaban J connectivity index is 2.01. The molecule has 0 bridgehead atoms. The Labute approximate surface area is 172 Å². The van der Waals surface area contributed by atoms with Gasteiger partial charge in [-0.3, -0.25) is 23.7 Å². The molecule has 1 aromatic heterocycles. The molecule has 0 radical (unpaired) electrons. The molecule has 10 nitrogen and oxygen atoms in total. The third-order valence-corrected chi connectivity index (χ3v) is 5.69. The fourth-order valence-electron chi connectivity index (χ4n) is 3.89. The number of rotatable bonds is 8. The third kappa shape index (κ3) is 4.74. The molecule has 2 fully saturated rings. The highest BCUT2D eigenvalue weighted by molar-refractivity contribution is 6.05. The molecule has 164 valence electrons. The number of nitrogens with one attached hydrogen (secondary N) is 2. The number of carboxylic acid groups (broad SMARTS) is 1. The van der Waals surface area contributed by atoms with Gasteiger partial charge in [-0.2, -0.15) is 0 Å². The third-order valence-electron chi connectivity index (χ3n) is 5.69. The van der Waals surface area contributed by atoms with E-state index in [1.54, 1.807) is 0 Å². The van der Waals surface area contributed by atoms with E-state index in [4.69, 9.17) is 5.11 Å². The van der Waals surface area contributed by atoms with Gasteiger partial charge in [-0.15, -0.1) is 0 Å². The molecule has 0 spiro atoms. The Morgan fingerprint density at radius 2 is 1.57 bits per heavy atom.